The number of halogens is 6. The van der Waals surface area contributed by atoms with E-state index in [1.54, 1.807) is 0 Å². The summed E-state index contributed by atoms with van der Waals surface area (Å²) < 4.78 is 80.4. The summed E-state index contributed by atoms with van der Waals surface area (Å²) >= 11 is 0. The van der Waals surface area contributed by atoms with Gasteiger partial charge in [0.2, 0.25) is 0 Å². The molecule has 3 rings (SSSR count). The maximum absolute atomic E-state index is 13.9. The Bertz CT molecular complexity index is 919. The number of benzene rings is 2. The Morgan fingerprint density at radius 2 is 1.71 bits per heavy atom. The Morgan fingerprint density at radius 1 is 1.04 bits per heavy atom. The summed E-state index contributed by atoms with van der Waals surface area (Å²) in [5.74, 6) is 0. The zero-order valence-corrected chi connectivity index (χ0v) is 13.9. The quantitative estimate of drug-likeness (QED) is 0.336. The Kier molecular flexibility index (Phi) is 4.82. The van der Waals surface area contributed by atoms with Crippen molar-refractivity contribution in [2.24, 2.45) is 10.3 Å². The monoisotopic (exact) mass is 402 g/mol. The molecular formula is C18H12F6N2O2. The van der Waals surface area contributed by atoms with Crippen LogP contribution in [0, 0.1) is 0 Å². The number of nitrogens with zero attached hydrogens (tertiary/aromatic N) is 2. The SMILES string of the molecule is O/N=C/c1ccc(C2=NOC(c3cccc(C(F)(F)F)c3)(C(F)(F)F)C2)cc1. The number of hydrogen-bond donors (Lipinski definition) is 1. The molecule has 0 radical (unpaired) electrons. The van der Waals surface area contributed by atoms with E-state index in [9.17, 15) is 26.3 Å². The molecule has 2 aromatic carbocycles. The third kappa shape index (κ3) is 3.54. The fourth-order valence-electron chi connectivity index (χ4n) is 2.83. The minimum absolute atomic E-state index is 0.0674. The topological polar surface area (TPSA) is 54.2 Å². The molecular weight excluding hydrogens is 390 g/mol. The molecule has 10 heteroatoms. The van der Waals surface area contributed by atoms with Gasteiger partial charge in [-0.3, -0.25) is 0 Å². The summed E-state index contributed by atoms with van der Waals surface area (Å²) in [6.45, 7) is 0. The highest BCUT2D eigenvalue weighted by Crippen LogP contribution is 2.49. The Balaban J connectivity index is 1.98. The third-order valence-corrected chi connectivity index (χ3v) is 4.29. The van der Waals surface area contributed by atoms with E-state index >= 15 is 0 Å². The lowest BCUT2D eigenvalue weighted by Gasteiger charge is -2.30. The summed E-state index contributed by atoms with van der Waals surface area (Å²) in [6.07, 6.45) is -9.47. The van der Waals surface area contributed by atoms with E-state index in [0.29, 0.717) is 23.3 Å². The predicted molar refractivity (Wildman–Crippen MR) is 87.2 cm³/mol. The van der Waals surface area contributed by atoms with Crippen LogP contribution in [-0.4, -0.2) is 23.3 Å². The molecule has 1 unspecified atom stereocenters. The van der Waals surface area contributed by atoms with Crippen molar-refractivity contribution in [3.8, 4) is 0 Å². The van der Waals surface area contributed by atoms with Crippen LogP contribution in [-0.2, 0) is 16.6 Å². The molecule has 0 fully saturated rings. The van der Waals surface area contributed by atoms with E-state index in [-0.39, 0.29) is 5.71 Å². The molecule has 1 aliphatic rings. The predicted octanol–water partition coefficient (Wildman–Crippen LogP) is 5.10. The largest absolute Gasteiger partial charge is 0.435 e. The first-order valence-electron chi connectivity index (χ1n) is 7.84. The van der Waals surface area contributed by atoms with Gasteiger partial charge in [-0.25, -0.2) is 0 Å². The number of alkyl halides is 6. The lowest BCUT2D eigenvalue weighted by molar-refractivity contribution is -0.276. The first-order valence-corrected chi connectivity index (χ1v) is 7.84. The van der Waals surface area contributed by atoms with Crippen molar-refractivity contribution in [3.05, 3.63) is 70.8 Å². The fraction of sp³-hybridized carbons (Fsp3) is 0.222. The van der Waals surface area contributed by atoms with E-state index in [4.69, 9.17) is 10.0 Å². The molecule has 2 aromatic rings. The van der Waals surface area contributed by atoms with Crippen LogP contribution in [0.1, 0.15) is 28.7 Å². The van der Waals surface area contributed by atoms with Crippen molar-refractivity contribution in [2.45, 2.75) is 24.4 Å². The minimum atomic E-state index is -5.01. The molecule has 0 aliphatic carbocycles. The van der Waals surface area contributed by atoms with Crippen LogP contribution in [0.5, 0.6) is 0 Å². The molecule has 0 amide bonds. The fourth-order valence-corrected chi connectivity index (χ4v) is 2.83. The second-order valence-electron chi connectivity index (χ2n) is 6.08. The molecule has 1 N–H and O–H groups in total. The molecule has 148 valence electrons. The standard InChI is InChI=1S/C18H12F6N2O2/c19-17(20,21)14-3-1-2-13(8-14)16(18(22,23)24)9-15(26-28-16)12-6-4-11(5-7-12)10-25-27/h1-8,10,27H,9H2/b25-10+. The molecule has 0 bridgehead atoms. The van der Waals surface area contributed by atoms with Crippen molar-refractivity contribution in [3.63, 3.8) is 0 Å². The molecule has 1 aliphatic heterocycles. The first-order chi connectivity index (χ1) is 13.1. The Morgan fingerprint density at radius 3 is 2.29 bits per heavy atom. The zero-order valence-electron chi connectivity index (χ0n) is 13.9. The van der Waals surface area contributed by atoms with Gasteiger partial charge in [-0.2, -0.15) is 26.3 Å². The summed E-state index contributed by atoms with van der Waals surface area (Å²) in [7, 11) is 0. The van der Waals surface area contributed by atoms with Gasteiger partial charge in [0.15, 0.2) is 0 Å². The second kappa shape index (κ2) is 6.84. The number of oxime groups is 2. The lowest BCUT2D eigenvalue weighted by Crippen LogP contribution is -2.42. The van der Waals surface area contributed by atoms with Crippen molar-refractivity contribution in [1.29, 1.82) is 0 Å². The highest BCUT2D eigenvalue weighted by molar-refractivity contribution is 6.02. The van der Waals surface area contributed by atoms with Gasteiger partial charge in [0.1, 0.15) is 0 Å². The van der Waals surface area contributed by atoms with Crippen LogP contribution in [0.25, 0.3) is 0 Å². The summed E-state index contributed by atoms with van der Waals surface area (Å²) in [5, 5.41) is 14.8. The number of hydrogen-bond acceptors (Lipinski definition) is 4. The Labute approximate surface area is 154 Å². The van der Waals surface area contributed by atoms with Crippen molar-refractivity contribution >= 4 is 11.9 Å². The summed E-state index contributed by atoms with van der Waals surface area (Å²) in [4.78, 5) is 4.73. The highest BCUT2D eigenvalue weighted by Gasteiger charge is 2.62. The van der Waals surface area contributed by atoms with Crippen LogP contribution in [0.3, 0.4) is 0 Å². The lowest BCUT2D eigenvalue weighted by atomic mass is 9.85. The number of rotatable bonds is 3. The average Bonchev–Trinajstić information content (AvgIpc) is 3.09. The van der Waals surface area contributed by atoms with E-state index < -0.39 is 35.5 Å². The molecule has 28 heavy (non-hydrogen) atoms. The zero-order chi connectivity index (χ0) is 20.6. The van der Waals surface area contributed by atoms with Gasteiger partial charge < -0.3 is 10.0 Å². The van der Waals surface area contributed by atoms with Crippen molar-refractivity contribution < 1.29 is 36.4 Å². The highest BCUT2D eigenvalue weighted by atomic mass is 19.4. The van der Waals surface area contributed by atoms with Crippen molar-refractivity contribution in [2.75, 3.05) is 0 Å². The maximum atomic E-state index is 13.9. The van der Waals surface area contributed by atoms with Crippen LogP contribution in [0.2, 0.25) is 0 Å². The molecule has 1 heterocycles. The Hall–Kier alpha value is -3.04. The van der Waals surface area contributed by atoms with Crippen LogP contribution in [0.4, 0.5) is 26.3 Å². The molecule has 0 saturated heterocycles. The van der Waals surface area contributed by atoms with Crippen LogP contribution >= 0.6 is 0 Å². The van der Waals surface area contributed by atoms with Gasteiger partial charge in [0.25, 0.3) is 5.60 Å². The summed E-state index contributed by atoms with van der Waals surface area (Å²) in [5.41, 5.74) is -4.19. The summed E-state index contributed by atoms with van der Waals surface area (Å²) in [6, 6.07) is 8.79. The second-order valence-corrected chi connectivity index (χ2v) is 6.08. The maximum Gasteiger partial charge on any atom is 0.435 e. The van der Waals surface area contributed by atoms with Gasteiger partial charge >= 0.3 is 12.4 Å². The first kappa shape index (κ1) is 19.7. The molecule has 4 nitrogen and oxygen atoms in total. The normalized spacial score (nSPS) is 20.3. The van der Waals surface area contributed by atoms with Gasteiger partial charge in [-0.15, -0.1) is 0 Å². The average molecular weight is 402 g/mol. The van der Waals surface area contributed by atoms with E-state index in [2.05, 4.69) is 10.3 Å². The minimum Gasteiger partial charge on any atom is -0.411 e. The smallest absolute Gasteiger partial charge is 0.411 e. The van der Waals surface area contributed by atoms with Gasteiger partial charge in [0, 0.05) is 12.0 Å². The molecule has 0 aromatic heterocycles. The van der Waals surface area contributed by atoms with Gasteiger partial charge in [-0.05, 0) is 23.3 Å². The molecule has 0 saturated carbocycles. The van der Waals surface area contributed by atoms with E-state index in [0.717, 1.165) is 18.3 Å². The van der Waals surface area contributed by atoms with E-state index in [1.165, 1.54) is 24.3 Å². The third-order valence-electron chi connectivity index (χ3n) is 4.29. The van der Waals surface area contributed by atoms with Crippen LogP contribution < -0.4 is 0 Å². The van der Waals surface area contributed by atoms with Gasteiger partial charge in [-0.1, -0.05) is 46.7 Å². The van der Waals surface area contributed by atoms with E-state index in [1.807, 2.05) is 0 Å². The molecule has 1 atom stereocenters. The van der Waals surface area contributed by atoms with Gasteiger partial charge in [0.05, 0.1) is 17.5 Å². The molecule has 0 spiro atoms. The van der Waals surface area contributed by atoms with Crippen LogP contribution in [0.15, 0.2) is 58.8 Å². The van der Waals surface area contributed by atoms with Crippen molar-refractivity contribution in [1.82, 2.24) is 0 Å².